The Balaban J connectivity index is 1.82. The zero-order chi connectivity index (χ0) is 16.4. The van der Waals surface area contributed by atoms with Crippen molar-refractivity contribution in [1.29, 1.82) is 0 Å². The van der Waals surface area contributed by atoms with Crippen LogP contribution in [0.3, 0.4) is 0 Å². The molecule has 0 atom stereocenters. The largest absolute Gasteiger partial charge is 0.508 e. The predicted octanol–water partition coefficient (Wildman–Crippen LogP) is 3.20. The van der Waals surface area contributed by atoms with Gasteiger partial charge in [0, 0.05) is 49.5 Å². The van der Waals surface area contributed by atoms with Crippen LogP contribution in [0.4, 0.5) is 17.1 Å². The number of fused-ring (bicyclic) bond motifs is 1. The summed E-state index contributed by atoms with van der Waals surface area (Å²) in [4.78, 5) is 6.24. The number of nitrogen functional groups attached to an aromatic ring is 1. The third-order valence-electron chi connectivity index (χ3n) is 3.88. The first-order valence-electron chi connectivity index (χ1n) is 7.42. The molecule has 0 aliphatic rings. The molecule has 3 aromatic rings. The van der Waals surface area contributed by atoms with Gasteiger partial charge in [-0.15, -0.1) is 0 Å². The number of aromatic nitrogens is 1. The standard InChI is InChI=1S/C18H20N4O/c1-22(2)13-6-5-12(17(23)10-13)11-21-16-8-7-15-14(18(16)19)4-3-9-20-15/h3-10,21,23H,11,19H2,1-2H3. The van der Waals surface area contributed by atoms with Gasteiger partial charge in [-0.25, -0.2) is 0 Å². The molecule has 0 unspecified atom stereocenters. The number of pyridine rings is 1. The molecule has 0 bridgehead atoms. The van der Waals surface area contributed by atoms with Gasteiger partial charge in [0.1, 0.15) is 5.75 Å². The third kappa shape index (κ3) is 2.99. The molecule has 0 saturated carbocycles. The molecule has 0 aliphatic carbocycles. The van der Waals surface area contributed by atoms with Crippen molar-refractivity contribution >= 4 is 28.0 Å². The third-order valence-corrected chi connectivity index (χ3v) is 3.88. The predicted molar refractivity (Wildman–Crippen MR) is 95.9 cm³/mol. The number of nitrogens with one attached hydrogen (secondary N) is 1. The van der Waals surface area contributed by atoms with Crippen LogP contribution in [-0.2, 0) is 6.54 Å². The van der Waals surface area contributed by atoms with E-state index in [1.807, 2.05) is 55.4 Å². The fourth-order valence-electron chi connectivity index (χ4n) is 2.50. The lowest BCUT2D eigenvalue weighted by Crippen LogP contribution is -2.09. The van der Waals surface area contributed by atoms with Crippen LogP contribution in [0.5, 0.6) is 5.75 Å². The van der Waals surface area contributed by atoms with Crippen LogP contribution in [0, 0.1) is 0 Å². The number of phenols is 1. The van der Waals surface area contributed by atoms with Crippen LogP contribution < -0.4 is 16.0 Å². The van der Waals surface area contributed by atoms with E-state index in [2.05, 4.69) is 10.3 Å². The first-order chi connectivity index (χ1) is 11.1. The van der Waals surface area contributed by atoms with Crippen molar-refractivity contribution in [3.8, 4) is 5.75 Å². The Morgan fingerprint density at radius 2 is 2.00 bits per heavy atom. The molecular formula is C18H20N4O. The number of hydrogen-bond acceptors (Lipinski definition) is 5. The van der Waals surface area contributed by atoms with Gasteiger partial charge in [0.15, 0.2) is 0 Å². The normalized spacial score (nSPS) is 10.7. The quantitative estimate of drug-likeness (QED) is 0.645. The number of benzene rings is 2. The van der Waals surface area contributed by atoms with Crippen molar-refractivity contribution in [3.05, 3.63) is 54.2 Å². The Kier molecular flexibility index (Phi) is 3.93. The van der Waals surface area contributed by atoms with Gasteiger partial charge in [-0.05, 0) is 30.3 Å². The molecule has 5 nitrogen and oxygen atoms in total. The zero-order valence-corrected chi connectivity index (χ0v) is 13.2. The van der Waals surface area contributed by atoms with Crippen LogP contribution in [0.1, 0.15) is 5.56 Å². The van der Waals surface area contributed by atoms with Crippen LogP contribution >= 0.6 is 0 Å². The van der Waals surface area contributed by atoms with Gasteiger partial charge in [0.25, 0.3) is 0 Å². The minimum absolute atomic E-state index is 0.268. The van der Waals surface area contributed by atoms with E-state index in [1.165, 1.54) is 0 Å². The van der Waals surface area contributed by atoms with Gasteiger partial charge < -0.3 is 21.1 Å². The molecule has 0 saturated heterocycles. The molecule has 4 N–H and O–H groups in total. The van der Waals surface area contributed by atoms with Crippen molar-refractivity contribution in [2.24, 2.45) is 0 Å². The van der Waals surface area contributed by atoms with Gasteiger partial charge in [-0.2, -0.15) is 0 Å². The molecule has 0 aliphatic heterocycles. The molecule has 1 heterocycles. The second-order valence-electron chi connectivity index (χ2n) is 5.66. The monoisotopic (exact) mass is 308 g/mol. The molecule has 23 heavy (non-hydrogen) atoms. The molecule has 118 valence electrons. The highest BCUT2D eigenvalue weighted by Crippen LogP contribution is 2.29. The maximum atomic E-state index is 10.2. The van der Waals surface area contributed by atoms with E-state index >= 15 is 0 Å². The number of hydrogen-bond donors (Lipinski definition) is 3. The molecule has 2 aromatic carbocycles. The average Bonchev–Trinajstić information content (AvgIpc) is 2.55. The SMILES string of the molecule is CN(C)c1ccc(CNc2ccc3ncccc3c2N)c(O)c1. The van der Waals surface area contributed by atoms with Gasteiger partial charge in [0.2, 0.25) is 0 Å². The second kappa shape index (κ2) is 6.04. The summed E-state index contributed by atoms with van der Waals surface area (Å²) < 4.78 is 0. The minimum atomic E-state index is 0.268. The van der Waals surface area contributed by atoms with Crippen LogP contribution in [0.2, 0.25) is 0 Å². The Labute approximate surface area is 135 Å². The summed E-state index contributed by atoms with van der Waals surface area (Å²) in [5, 5.41) is 14.4. The number of nitrogens with two attached hydrogens (primary N) is 1. The van der Waals surface area contributed by atoms with E-state index in [1.54, 1.807) is 12.3 Å². The maximum absolute atomic E-state index is 10.2. The lowest BCUT2D eigenvalue weighted by Gasteiger charge is -2.15. The van der Waals surface area contributed by atoms with Crippen molar-refractivity contribution in [2.45, 2.75) is 6.54 Å². The Morgan fingerprint density at radius 1 is 1.17 bits per heavy atom. The van der Waals surface area contributed by atoms with E-state index in [0.717, 1.165) is 27.8 Å². The molecule has 3 rings (SSSR count). The average molecular weight is 308 g/mol. The Hall–Kier alpha value is -2.95. The van der Waals surface area contributed by atoms with Crippen molar-refractivity contribution in [2.75, 3.05) is 30.0 Å². The number of rotatable bonds is 4. The Bertz CT molecular complexity index is 846. The van der Waals surface area contributed by atoms with Crippen LogP contribution in [0.25, 0.3) is 10.9 Å². The van der Waals surface area contributed by atoms with Gasteiger partial charge in [0.05, 0.1) is 16.9 Å². The van der Waals surface area contributed by atoms with E-state index in [4.69, 9.17) is 5.73 Å². The van der Waals surface area contributed by atoms with E-state index in [-0.39, 0.29) is 5.75 Å². The highest BCUT2D eigenvalue weighted by molar-refractivity contribution is 5.96. The topological polar surface area (TPSA) is 74.4 Å². The number of nitrogens with zero attached hydrogens (tertiary/aromatic N) is 2. The van der Waals surface area contributed by atoms with E-state index in [0.29, 0.717) is 12.2 Å². The zero-order valence-electron chi connectivity index (χ0n) is 13.2. The molecule has 0 spiro atoms. The number of phenolic OH excluding ortho intramolecular Hbond substituents is 1. The second-order valence-corrected chi connectivity index (χ2v) is 5.66. The number of anilines is 3. The lowest BCUT2D eigenvalue weighted by atomic mass is 10.1. The van der Waals surface area contributed by atoms with Crippen LogP contribution in [0.15, 0.2) is 48.7 Å². The highest BCUT2D eigenvalue weighted by atomic mass is 16.3. The first kappa shape index (κ1) is 15.0. The minimum Gasteiger partial charge on any atom is -0.508 e. The summed E-state index contributed by atoms with van der Waals surface area (Å²) in [5.41, 5.74) is 10.4. The summed E-state index contributed by atoms with van der Waals surface area (Å²) in [5.74, 6) is 0.268. The van der Waals surface area contributed by atoms with Gasteiger partial charge in [-0.1, -0.05) is 6.07 Å². The fraction of sp³-hybridized carbons (Fsp3) is 0.167. The molecule has 0 fully saturated rings. The summed E-state index contributed by atoms with van der Waals surface area (Å²) in [6, 6.07) is 13.3. The molecule has 5 heteroatoms. The smallest absolute Gasteiger partial charge is 0.122 e. The van der Waals surface area contributed by atoms with E-state index < -0.39 is 0 Å². The van der Waals surface area contributed by atoms with Gasteiger partial charge >= 0.3 is 0 Å². The summed E-state index contributed by atoms with van der Waals surface area (Å²) >= 11 is 0. The van der Waals surface area contributed by atoms with E-state index in [9.17, 15) is 5.11 Å². The summed E-state index contributed by atoms with van der Waals surface area (Å²) in [7, 11) is 3.88. The lowest BCUT2D eigenvalue weighted by molar-refractivity contribution is 0.469. The highest BCUT2D eigenvalue weighted by Gasteiger charge is 2.07. The number of aromatic hydroxyl groups is 1. The molecule has 0 radical (unpaired) electrons. The van der Waals surface area contributed by atoms with Crippen molar-refractivity contribution in [3.63, 3.8) is 0 Å². The van der Waals surface area contributed by atoms with Gasteiger partial charge in [-0.3, -0.25) is 4.98 Å². The molecular weight excluding hydrogens is 288 g/mol. The van der Waals surface area contributed by atoms with Crippen molar-refractivity contribution in [1.82, 2.24) is 4.98 Å². The van der Waals surface area contributed by atoms with Crippen molar-refractivity contribution < 1.29 is 5.11 Å². The molecule has 1 aromatic heterocycles. The fourth-order valence-corrected chi connectivity index (χ4v) is 2.50. The Morgan fingerprint density at radius 3 is 2.74 bits per heavy atom. The molecule has 0 amide bonds. The first-order valence-corrected chi connectivity index (χ1v) is 7.42. The summed E-state index contributed by atoms with van der Waals surface area (Å²) in [6.45, 7) is 0.496. The van der Waals surface area contributed by atoms with Crippen LogP contribution in [-0.4, -0.2) is 24.2 Å². The maximum Gasteiger partial charge on any atom is 0.122 e. The summed E-state index contributed by atoms with van der Waals surface area (Å²) in [6.07, 6.45) is 1.75.